The average molecular weight is 348 g/mol. The molecule has 0 spiro atoms. The lowest BCUT2D eigenvalue weighted by atomic mass is 10.1. The highest BCUT2D eigenvalue weighted by Crippen LogP contribution is 2.37. The van der Waals surface area contributed by atoms with E-state index in [-0.39, 0.29) is 12.0 Å². The first-order valence-electron chi connectivity index (χ1n) is 8.36. The Labute approximate surface area is 143 Å². The van der Waals surface area contributed by atoms with Gasteiger partial charge in [0, 0.05) is 12.6 Å². The molecule has 0 N–H and O–H groups in total. The molecular weight excluding hydrogens is 324 g/mol. The Hall–Kier alpha value is -1.66. The summed E-state index contributed by atoms with van der Waals surface area (Å²) in [4.78, 5) is 0.348. The molecule has 130 valence electrons. The standard InChI is InChI=1S/C18H24N2O3S/c1-12(2)16-11-18(23-19-16)17-6-5-9-20(17)24(21,22)15-8-7-13(3)14(4)10-15/h7-8,10-12,17H,5-6,9H2,1-4H3/t17-/m0/s1. The molecule has 1 aliphatic rings. The van der Waals surface area contributed by atoms with Crippen molar-refractivity contribution in [2.45, 2.75) is 57.4 Å². The maximum absolute atomic E-state index is 13.1. The Morgan fingerprint density at radius 2 is 1.96 bits per heavy atom. The minimum Gasteiger partial charge on any atom is -0.359 e. The van der Waals surface area contributed by atoms with Crippen molar-refractivity contribution >= 4 is 10.0 Å². The number of sulfonamides is 1. The second-order valence-electron chi connectivity index (χ2n) is 6.83. The van der Waals surface area contributed by atoms with Crippen LogP contribution in [-0.4, -0.2) is 24.4 Å². The molecule has 0 saturated carbocycles. The molecule has 0 amide bonds. The van der Waals surface area contributed by atoms with Crippen LogP contribution in [0.25, 0.3) is 0 Å². The molecule has 0 unspecified atom stereocenters. The van der Waals surface area contributed by atoms with Crippen molar-refractivity contribution in [1.29, 1.82) is 0 Å². The first-order valence-corrected chi connectivity index (χ1v) is 9.80. The van der Waals surface area contributed by atoms with Crippen LogP contribution < -0.4 is 0 Å². The Morgan fingerprint density at radius 3 is 2.58 bits per heavy atom. The summed E-state index contributed by atoms with van der Waals surface area (Å²) in [6.45, 7) is 8.50. The van der Waals surface area contributed by atoms with Gasteiger partial charge in [-0.25, -0.2) is 8.42 Å². The maximum atomic E-state index is 13.1. The summed E-state index contributed by atoms with van der Waals surface area (Å²) in [5.74, 6) is 0.900. The van der Waals surface area contributed by atoms with Crippen LogP contribution in [0.5, 0.6) is 0 Å². The van der Waals surface area contributed by atoms with Gasteiger partial charge >= 0.3 is 0 Å². The Bertz CT molecular complexity index is 840. The Kier molecular flexibility index (Phi) is 4.53. The van der Waals surface area contributed by atoms with Gasteiger partial charge in [-0.1, -0.05) is 25.1 Å². The minimum atomic E-state index is -3.54. The number of nitrogens with zero attached hydrogens (tertiary/aromatic N) is 2. The molecule has 0 aliphatic carbocycles. The lowest BCUT2D eigenvalue weighted by Crippen LogP contribution is -2.30. The average Bonchev–Trinajstić information content (AvgIpc) is 3.17. The van der Waals surface area contributed by atoms with Gasteiger partial charge in [0.05, 0.1) is 16.6 Å². The van der Waals surface area contributed by atoms with Crippen molar-refractivity contribution in [2.24, 2.45) is 0 Å². The van der Waals surface area contributed by atoms with Gasteiger partial charge in [-0.2, -0.15) is 4.31 Å². The van der Waals surface area contributed by atoms with E-state index in [1.807, 2.05) is 39.8 Å². The third-order valence-corrected chi connectivity index (χ3v) is 6.66. The second kappa shape index (κ2) is 6.33. The number of aromatic nitrogens is 1. The van der Waals surface area contributed by atoms with Crippen LogP contribution in [-0.2, 0) is 10.0 Å². The molecule has 0 radical (unpaired) electrons. The van der Waals surface area contributed by atoms with Crippen LogP contribution in [0, 0.1) is 13.8 Å². The van der Waals surface area contributed by atoms with Crippen LogP contribution in [0.1, 0.15) is 61.2 Å². The molecule has 1 aliphatic heterocycles. The predicted molar refractivity (Wildman–Crippen MR) is 92.4 cm³/mol. The third kappa shape index (κ3) is 3.00. The van der Waals surface area contributed by atoms with Gasteiger partial charge in [-0.05, 0) is 55.9 Å². The zero-order valence-electron chi connectivity index (χ0n) is 14.6. The predicted octanol–water partition coefficient (Wildman–Crippen LogP) is 3.94. The molecule has 5 nitrogen and oxygen atoms in total. The van der Waals surface area contributed by atoms with Crippen LogP contribution in [0.15, 0.2) is 33.7 Å². The van der Waals surface area contributed by atoms with Gasteiger partial charge < -0.3 is 4.52 Å². The van der Waals surface area contributed by atoms with E-state index in [1.54, 1.807) is 16.4 Å². The van der Waals surface area contributed by atoms with Crippen LogP contribution in [0.3, 0.4) is 0 Å². The minimum absolute atomic E-state index is 0.258. The highest BCUT2D eigenvalue weighted by molar-refractivity contribution is 7.89. The van der Waals surface area contributed by atoms with Crippen LogP contribution in [0.2, 0.25) is 0 Å². The fraction of sp³-hybridized carbons (Fsp3) is 0.500. The first-order chi connectivity index (χ1) is 11.3. The van der Waals surface area contributed by atoms with Crippen molar-refractivity contribution in [3.63, 3.8) is 0 Å². The summed E-state index contributed by atoms with van der Waals surface area (Å²) in [7, 11) is -3.54. The molecule has 0 bridgehead atoms. The molecule has 3 rings (SSSR count). The molecule has 1 fully saturated rings. The van der Waals surface area contributed by atoms with E-state index in [0.717, 1.165) is 29.7 Å². The van der Waals surface area contributed by atoms with Gasteiger partial charge in [0.15, 0.2) is 5.76 Å². The monoisotopic (exact) mass is 348 g/mol. The molecule has 1 saturated heterocycles. The normalized spacial score (nSPS) is 19.3. The fourth-order valence-electron chi connectivity index (χ4n) is 3.05. The second-order valence-corrected chi connectivity index (χ2v) is 8.72. The van der Waals surface area contributed by atoms with Gasteiger partial charge in [0.2, 0.25) is 10.0 Å². The summed E-state index contributed by atoms with van der Waals surface area (Å²) < 4.78 is 33.2. The summed E-state index contributed by atoms with van der Waals surface area (Å²) in [6, 6.07) is 6.92. The maximum Gasteiger partial charge on any atom is 0.243 e. The highest BCUT2D eigenvalue weighted by Gasteiger charge is 2.38. The Balaban J connectivity index is 1.95. The summed E-state index contributed by atoms with van der Waals surface area (Å²) in [6.07, 6.45) is 1.59. The van der Waals surface area contributed by atoms with Crippen molar-refractivity contribution in [3.8, 4) is 0 Å². The summed E-state index contributed by atoms with van der Waals surface area (Å²) in [5, 5.41) is 4.08. The van der Waals surface area contributed by atoms with E-state index < -0.39 is 10.0 Å². The van der Waals surface area contributed by atoms with Crippen molar-refractivity contribution in [2.75, 3.05) is 6.54 Å². The molecular formula is C18H24N2O3S. The lowest BCUT2D eigenvalue weighted by molar-refractivity contribution is 0.295. The van der Waals surface area contributed by atoms with E-state index in [1.165, 1.54) is 0 Å². The third-order valence-electron chi connectivity index (χ3n) is 4.76. The fourth-order valence-corrected chi connectivity index (χ4v) is 4.81. The van der Waals surface area contributed by atoms with E-state index in [9.17, 15) is 8.42 Å². The van der Waals surface area contributed by atoms with E-state index in [0.29, 0.717) is 17.2 Å². The van der Waals surface area contributed by atoms with Crippen LogP contribution in [0.4, 0.5) is 0 Å². The van der Waals surface area contributed by atoms with Gasteiger partial charge in [0.1, 0.15) is 0 Å². The molecule has 1 aromatic heterocycles. The topological polar surface area (TPSA) is 63.4 Å². The summed E-state index contributed by atoms with van der Waals surface area (Å²) >= 11 is 0. The highest BCUT2D eigenvalue weighted by atomic mass is 32.2. The largest absolute Gasteiger partial charge is 0.359 e. The lowest BCUT2D eigenvalue weighted by Gasteiger charge is -2.22. The quantitative estimate of drug-likeness (QED) is 0.839. The number of benzene rings is 1. The van der Waals surface area contributed by atoms with Gasteiger partial charge in [0.25, 0.3) is 0 Å². The van der Waals surface area contributed by atoms with Crippen molar-refractivity contribution < 1.29 is 12.9 Å². The molecule has 2 aromatic rings. The number of hydrogen-bond acceptors (Lipinski definition) is 4. The molecule has 24 heavy (non-hydrogen) atoms. The van der Waals surface area contributed by atoms with E-state index in [2.05, 4.69) is 5.16 Å². The number of hydrogen-bond donors (Lipinski definition) is 0. The van der Waals surface area contributed by atoms with E-state index in [4.69, 9.17) is 4.52 Å². The Morgan fingerprint density at radius 1 is 1.21 bits per heavy atom. The molecule has 6 heteroatoms. The van der Waals surface area contributed by atoms with Gasteiger partial charge in [-0.15, -0.1) is 0 Å². The SMILES string of the molecule is Cc1ccc(S(=O)(=O)N2CCC[C@H]2c2cc(C(C)C)no2)cc1C. The molecule has 1 atom stereocenters. The first kappa shape index (κ1) is 17.2. The molecule has 1 aromatic carbocycles. The molecule has 2 heterocycles. The summed E-state index contributed by atoms with van der Waals surface area (Å²) in [5.41, 5.74) is 2.93. The van der Waals surface area contributed by atoms with Crippen LogP contribution >= 0.6 is 0 Å². The zero-order chi connectivity index (χ0) is 17.5. The van der Waals surface area contributed by atoms with Gasteiger partial charge in [-0.3, -0.25) is 0 Å². The smallest absolute Gasteiger partial charge is 0.243 e. The van der Waals surface area contributed by atoms with Crippen molar-refractivity contribution in [3.05, 3.63) is 46.8 Å². The number of aryl methyl sites for hydroxylation is 2. The van der Waals surface area contributed by atoms with Crippen molar-refractivity contribution in [1.82, 2.24) is 9.46 Å². The van der Waals surface area contributed by atoms with E-state index >= 15 is 0 Å². The zero-order valence-corrected chi connectivity index (χ0v) is 15.4. The number of rotatable bonds is 4.